The number of imide groups is 1. The van der Waals surface area contributed by atoms with Crippen LogP contribution in [-0.2, 0) is 29.1 Å². The quantitative estimate of drug-likeness (QED) is 0.484. The topological polar surface area (TPSA) is 79.0 Å². The number of unbranched alkanes of at least 4 members (excludes halogenated alkanes) is 2. The first-order valence-corrected chi connectivity index (χ1v) is 11.1. The fourth-order valence-electron chi connectivity index (χ4n) is 4.34. The number of carbonyl (C=O) groups excluding carboxylic acids is 3. The molecule has 1 fully saturated rings. The van der Waals surface area contributed by atoms with Gasteiger partial charge in [-0.3, -0.25) is 14.5 Å². The summed E-state index contributed by atoms with van der Waals surface area (Å²) in [5, 5.41) is 2.92. The lowest BCUT2D eigenvalue weighted by Gasteiger charge is -2.28. The Kier molecular flexibility index (Phi) is 6.73. The van der Waals surface area contributed by atoms with Crippen molar-refractivity contribution < 1.29 is 19.1 Å². The Labute approximate surface area is 188 Å². The van der Waals surface area contributed by atoms with E-state index in [9.17, 15) is 14.4 Å². The maximum Gasteiger partial charge on any atom is 0.327 e. The summed E-state index contributed by atoms with van der Waals surface area (Å²) in [4.78, 5) is 40.7. The fourth-order valence-corrected chi connectivity index (χ4v) is 4.34. The van der Waals surface area contributed by atoms with Gasteiger partial charge in [0.2, 0.25) is 5.91 Å². The molecule has 0 radical (unpaired) electrons. The number of urea groups is 1. The number of methoxy groups -OCH3 is 1. The van der Waals surface area contributed by atoms with Gasteiger partial charge in [-0.25, -0.2) is 4.79 Å². The van der Waals surface area contributed by atoms with Crippen molar-refractivity contribution in [3.8, 4) is 5.75 Å². The Morgan fingerprint density at radius 2 is 1.78 bits per heavy atom. The van der Waals surface area contributed by atoms with Crippen LogP contribution >= 0.6 is 0 Å². The average Bonchev–Trinajstić information content (AvgIpc) is 3.05. The van der Waals surface area contributed by atoms with Gasteiger partial charge >= 0.3 is 6.03 Å². The van der Waals surface area contributed by atoms with Crippen molar-refractivity contribution in [1.29, 1.82) is 0 Å². The zero-order chi connectivity index (χ0) is 22.5. The molecule has 4 rings (SSSR count). The van der Waals surface area contributed by atoms with Crippen molar-refractivity contribution in [2.45, 2.75) is 51.2 Å². The monoisotopic (exact) mass is 435 g/mol. The third kappa shape index (κ3) is 4.77. The van der Waals surface area contributed by atoms with Gasteiger partial charge in [0.05, 0.1) is 7.11 Å². The van der Waals surface area contributed by atoms with Gasteiger partial charge in [-0.05, 0) is 41.7 Å². The maximum atomic E-state index is 12.8. The van der Waals surface area contributed by atoms with Gasteiger partial charge in [0, 0.05) is 32.5 Å². The molecule has 4 amide bonds. The number of benzene rings is 2. The summed E-state index contributed by atoms with van der Waals surface area (Å²) >= 11 is 0. The van der Waals surface area contributed by atoms with E-state index in [1.54, 1.807) is 12.0 Å². The Bertz CT molecular complexity index is 946. The first kappa shape index (κ1) is 21.9. The molecule has 2 heterocycles. The lowest BCUT2D eigenvalue weighted by molar-refractivity contribution is -0.128. The first-order chi connectivity index (χ1) is 15.6. The summed E-state index contributed by atoms with van der Waals surface area (Å²) < 4.78 is 5.13. The van der Waals surface area contributed by atoms with Crippen molar-refractivity contribution in [3.05, 3.63) is 65.2 Å². The molecule has 32 heavy (non-hydrogen) atoms. The minimum Gasteiger partial charge on any atom is -0.497 e. The highest BCUT2D eigenvalue weighted by Gasteiger charge is 2.46. The number of fused-ring (bicyclic) bond motifs is 2. The molecule has 0 saturated carbocycles. The molecule has 1 atom stereocenters. The molecule has 2 aliphatic rings. The highest BCUT2D eigenvalue weighted by atomic mass is 16.5. The Balaban J connectivity index is 1.16. The van der Waals surface area contributed by atoms with Crippen LogP contribution in [0, 0.1) is 0 Å². The van der Waals surface area contributed by atoms with Crippen LogP contribution in [-0.4, -0.2) is 47.3 Å². The third-order valence-electron chi connectivity index (χ3n) is 6.21. The van der Waals surface area contributed by atoms with E-state index in [0.29, 0.717) is 38.9 Å². The molecule has 0 unspecified atom stereocenters. The van der Waals surface area contributed by atoms with Crippen molar-refractivity contribution >= 4 is 17.8 Å². The number of ether oxygens (including phenoxy) is 1. The summed E-state index contributed by atoms with van der Waals surface area (Å²) in [6.45, 7) is 1.39. The normalized spacial score (nSPS) is 17.2. The zero-order valence-corrected chi connectivity index (χ0v) is 18.4. The molecule has 0 spiro atoms. The molecule has 2 aliphatic heterocycles. The van der Waals surface area contributed by atoms with E-state index in [0.717, 1.165) is 35.3 Å². The largest absolute Gasteiger partial charge is 0.497 e. The second-order valence-electron chi connectivity index (χ2n) is 8.32. The smallest absolute Gasteiger partial charge is 0.327 e. The highest BCUT2D eigenvalue weighted by molar-refractivity contribution is 6.04. The van der Waals surface area contributed by atoms with Crippen molar-refractivity contribution in [2.24, 2.45) is 0 Å². The number of rotatable bonds is 9. The Hall–Kier alpha value is -3.35. The van der Waals surface area contributed by atoms with Gasteiger partial charge in [0.1, 0.15) is 11.8 Å². The second kappa shape index (κ2) is 9.85. The summed E-state index contributed by atoms with van der Waals surface area (Å²) in [6.07, 6.45) is 3.24. The van der Waals surface area contributed by atoms with E-state index >= 15 is 0 Å². The molecule has 2 aromatic carbocycles. The van der Waals surface area contributed by atoms with Crippen molar-refractivity contribution in [1.82, 2.24) is 15.1 Å². The van der Waals surface area contributed by atoms with E-state index in [1.165, 1.54) is 4.90 Å². The molecule has 1 saturated heterocycles. The Morgan fingerprint density at radius 3 is 2.53 bits per heavy atom. The molecular formula is C25H29N3O4. The summed E-state index contributed by atoms with van der Waals surface area (Å²) in [6, 6.07) is 15.0. The summed E-state index contributed by atoms with van der Waals surface area (Å²) in [5.41, 5.74) is 3.29. The Morgan fingerprint density at radius 1 is 1.03 bits per heavy atom. The van der Waals surface area contributed by atoms with Gasteiger partial charge in [-0.2, -0.15) is 0 Å². The molecule has 2 aromatic rings. The lowest BCUT2D eigenvalue weighted by atomic mass is 9.95. The number of hydrogen-bond acceptors (Lipinski definition) is 4. The summed E-state index contributed by atoms with van der Waals surface area (Å²) in [5.74, 6) is 0.696. The maximum absolute atomic E-state index is 12.8. The number of amides is 4. The van der Waals surface area contributed by atoms with Crippen LogP contribution in [0.15, 0.2) is 48.5 Å². The van der Waals surface area contributed by atoms with E-state index in [2.05, 4.69) is 5.32 Å². The third-order valence-corrected chi connectivity index (χ3v) is 6.21. The molecule has 0 bridgehead atoms. The molecular weight excluding hydrogens is 406 g/mol. The van der Waals surface area contributed by atoms with Crippen LogP contribution in [0.2, 0.25) is 0 Å². The minimum atomic E-state index is -0.374. The number of nitrogens with one attached hydrogen (secondary N) is 1. The van der Waals surface area contributed by atoms with E-state index in [1.807, 2.05) is 48.5 Å². The van der Waals surface area contributed by atoms with Crippen LogP contribution in [0.5, 0.6) is 5.75 Å². The number of nitrogens with zero attached hydrogens (tertiary/aromatic N) is 2. The van der Waals surface area contributed by atoms with Crippen LogP contribution in [0.4, 0.5) is 4.79 Å². The van der Waals surface area contributed by atoms with Crippen LogP contribution in [0.3, 0.4) is 0 Å². The van der Waals surface area contributed by atoms with Crippen LogP contribution in [0.1, 0.15) is 42.4 Å². The standard InChI is InChI=1S/C25H29N3O4/c1-32-21-12-10-18(11-13-21)16-26-23(29)9-3-2-6-14-27-24(30)22-15-19-7-4-5-8-20(19)17-28(22)25(27)31/h4-5,7-8,10-13,22H,2-3,6,9,14-17H2,1H3,(H,26,29)/t22-/m0/s1. The summed E-state index contributed by atoms with van der Waals surface area (Å²) in [7, 11) is 1.62. The van der Waals surface area contributed by atoms with Crippen LogP contribution < -0.4 is 10.1 Å². The molecule has 0 aromatic heterocycles. The van der Waals surface area contributed by atoms with Crippen molar-refractivity contribution in [3.63, 3.8) is 0 Å². The zero-order valence-electron chi connectivity index (χ0n) is 18.4. The molecule has 1 N–H and O–H groups in total. The van der Waals surface area contributed by atoms with E-state index in [-0.39, 0.29) is 23.9 Å². The van der Waals surface area contributed by atoms with Gasteiger partial charge in [-0.15, -0.1) is 0 Å². The van der Waals surface area contributed by atoms with Crippen LogP contribution in [0.25, 0.3) is 0 Å². The van der Waals surface area contributed by atoms with Gasteiger partial charge in [-0.1, -0.05) is 42.8 Å². The molecule has 7 heteroatoms. The second-order valence-corrected chi connectivity index (χ2v) is 8.32. The number of hydrogen-bond donors (Lipinski definition) is 1. The molecule has 0 aliphatic carbocycles. The SMILES string of the molecule is COc1ccc(CNC(=O)CCCCCN2C(=O)[C@@H]3Cc4ccccc4CN3C2=O)cc1. The predicted molar refractivity (Wildman–Crippen MR) is 120 cm³/mol. The van der Waals surface area contributed by atoms with Gasteiger partial charge in [0.15, 0.2) is 0 Å². The predicted octanol–water partition coefficient (Wildman–Crippen LogP) is 3.26. The number of carbonyl (C=O) groups is 3. The average molecular weight is 436 g/mol. The van der Waals surface area contributed by atoms with Gasteiger partial charge in [0.25, 0.3) is 5.91 Å². The lowest BCUT2D eigenvalue weighted by Crippen LogP contribution is -2.39. The van der Waals surface area contributed by atoms with Gasteiger partial charge < -0.3 is 15.0 Å². The van der Waals surface area contributed by atoms with E-state index < -0.39 is 0 Å². The highest BCUT2D eigenvalue weighted by Crippen LogP contribution is 2.30. The van der Waals surface area contributed by atoms with Crippen molar-refractivity contribution in [2.75, 3.05) is 13.7 Å². The fraction of sp³-hybridized carbons (Fsp3) is 0.400. The first-order valence-electron chi connectivity index (χ1n) is 11.1. The minimum absolute atomic E-state index is 0.00374. The molecule has 7 nitrogen and oxygen atoms in total. The van der Waals surface area contributed by atoms with E-state index in [4.69, 9.17) is 4.74 Å². The molecule has 168 valence electrons.